The summed E-state index contributed by atoms with van der Waals surface area (Å²) < 4.78 is 32.2. The molecule has 152 valence electrons. The van der Waals surface area contributed by atoms with Gasteiger partial charge in [-0.05, 0) is 44.7 Å². The topological polar surface area (TPSA) is 65.4 Å². The summed E-state index contributed by atoms with van der Waals surface area (Å²) in [4.78, 5) is 13.9. The van der Waals surface area contributed by atoms with E-state index in [-0.39, 0.29) is 11.9 Å². The third kappa shape index (κ3) is 4.18. The Morgan fingerprint density at radius 2 is 2.07 bits per heavy atom. The summed E-state index contributed by atoms with van der Waals surface area (Å²) >= 11 is 0. The Morgan fingerprint density at radius 1 is 1.36 bits per heavy atom. The van der Waals surface area contributed by atoms with Gasteiger partial charge in [0.15, 0.2) is 6.10 Å². The first kappa shape index (κ1) is 20.3. The van der Waals surface area contributed by atoms with E-state index in [0.717, 1.165) is 24.8 Å². The average molecular weight is 391 g/mol. The number of hydrogen-bond acceptors (Lipinski definition) is 4. The molecule has 0 saturated heterocycles. The highest BCUT2D eigenvalue weighted by molar-refractivity contribution is 6.10. The van der Waals surface area contributed by atoms with E-state index in [4.69, 9.17) is 10.1 Å². The van der Waals surface area contributed by atoms with Crippen LogP contribution in [0, 0.1) is 5.41 Å². The number of anilines is 1. The number of alkyl halides is 2. The van der Waals surface area contributed by atoms with Crippen molar-refractivity contribution in [3.8, 4) is 5.75 Å². The fraction of sp³-hybridized carbons (Fsp3) is 0.524. The van der Waals surface area contributed by atoms with Gasteiger partial charge in [0.05, 0.1) is 5.69 Å². The first-order valence-electron chi connectivity index (χ1n) is 9.71. The largest absolute Gasteiger partial charge is 0.484 e. The van der Waals surface area contributed by atoms with E-state index in [0.29, 0.717) is 35.0 Å². The molecule has 1 heterocycles. The highest BCUT2D eigenvalue weighted by Gasteiger charge is 2.31. The molecule has 0 aromatic heterocycles. The van der Waals surface area contributed by atoms with E-state index >= 15 is 0 Å². The smallest absolute Gasteiger partial charge is 0.224 e. The van der Waals surface area contributed by atoms with Gasteiger partial charge in [-0.1, -0.05) is 0 Å². The Hall–Kier alpha value is -2.44. The Morgan fingerprint density at radius 3 is 2.64 bits per heavy atom. The quantitative estimate of drug-likeness (QED) is 0.663. The van der Waals surface area contributed by atoms with Gasteiger partial charge in [0.25, 0.3) is 0 Å². The first-order chi connectivity index (χ1) is 13.5. The number of rotatable bonds is 8. The van der Waals surface area contributed by atoms with Gasteiger partial charge in [0.1, 0.15) is 19.1 Å². The molecule has 0 unspecified atom stereocenters. The van der Waals surface area contributed by atoms with Gasteiger partial charge >= 0.3 is 0 Å². The first-order valence-corrected chi connectivity index (χ1v) is 9.71. The van der Waals surface area contributed by atoms with Gasteiger partial charge < -0.3 is 20.4 Å². The minimum Gasteiger partial charge on any atom is -0.484 e. The van der Waals surface area contributed by atoms with Crippen LogP contribution in [0.2, 0.25) is 0 Å². The Kier molecular flexibility index (Phi) is 6.31. The highest BCUT2D eigenvalue weighted by Crippen LogP contribution is 2.41. The number of hydrogen-bond donors (Lipinski definition) is 2. The number of halogens is 2. The third-order valence-corrected chi connectivity index (χ3v) is 5.23. The standard InChI is InChI=1S/C21H27F2N3O2/c1-13-3-6-19-20(26(13)14(2)27)8-7-18(21(19)28-17(9-22)10-23)15(11-24)12-25-16-4-5-16/h7-8,11-13,16-17,24-25H,3-6,9-10H2,1-2H3/b15-12+,24-11?/t13-/m0/s1. The van der Waals surface area contributed by atoms with Crippen molar-refractivity contribution in [2.75, 3.05) is 18.2 Å². The fourth-order valence-corrected chi connectivity index (χ4v) is 3.57. The van der Waals surface area contributed by atoms with Crippen molar-refractivity contribution in [1.82, 2.24) is 5.32 Å². The average Bonchev–Trinajstić information content (AvgIpc) is 3.51. The van der Waals surface area contributed by atoms with Crippen LogP contribution in [-0.2, 0) is 11.2 Å². The second kappa shape index (κ2) is 8.71. The lowest BCUT2D eigenvalue weighted by Crippen LogP contribution is -2.41. The van der Waals surface area contributed by atoms with Crippen molar-refractivity contribution in [2.45, 2.75) is 57.7 Å². The van der Waals surface area contributed by atoms with Crippen LogP contribution < -0.4 is 15.0 Å². The van der Waals surface area contributed by atoms with E-state index in [1.165, 1.54) is 13.1 Å². The van der Waals surface area contributed by atoms with Crippen LogP contribution in [0.25, 0.3) is 5.57 Å². The molecule has 1 atom stereocenters. The van der Waals surface area contributed by atoms with Gasteiger partial charge in [-0.3, -0.25) is 4.79 Å². The van der Waals surface area contributed by atoms with Crippen molar-refractivity contribution in [3.63, 3.8) is 0 Å². The summed E-state index contributed by atoms with van der Waals surface area (Å²) in [7, 11) is 0. The molecule has 1 saturated carbocycles. The predicted molar refractivity (Wildman–Crippen MR) is 107 cm³/mol. The molecule has 2 N–H and O–H groups in total. The summed E-state index contributed by atoms with van der Waals surface area (Å²) in [5.41, 5.74) is 2.65. The summed E-state index contributed by atoms with van der Waals surface area (Å²) in [5.74, 6) is 0.279. The van der Waals surface area contributed by atoms with Gasteiger partial charge in [0.2, 0.25) is 5.91 Å². The molecule has 3 rings (SSSR count). The molecule has 1 aromatic carbocycles. The summed E-state index contributed by atoms with van der Waals surface area (Å²) in [6, 6.07) is 4.05. The van der Waals surface area contributed by atoms with Crippen molar-refractivity contribution in [1.29, 1.82) is 5.41 Å². The number of nitrogens with one attached hydrogen (secondary N) is 2. The van der Waals surface area contributed by atoms with Crippen LogP contribution in [0.3, 0.4) is 0 Å². The number of allylic oxidation sites excluding steroid dienone is 1. The molecular weight excluding hydrogens is 364 g/mol. The number of amides is 1. The zero-order chi connectivity index (χ0) is 20.3. The van der Waals surface area contributed by atoms with Crippen molar-refractivity contribution in [3.05, 3.63) is 29.5 Å². The van der Waals surface area contributed by atoms with Crippen molar-refractivity contribution >= 4 is 23.4 Å². The molecule has 1 amide bonds. The molecule has 1 fully saturated rings. The molecule has 1 aliphatic heterocycles. The van der Waals surface area contributed by atoms with Crippen LogP contribution in [0.5, 0.6) is 5.75 Å². The Labute approximate surface area is 164 Å². The molecule has 1 aliphatic carbocycles. The highest BCUT2D eigenvalue weighted by atomic mass is 19.1. The second-order valence-electron chi connectivity index (χ2n) is 7.45. The molecule has 7 heteroatoms. The molecule has 2 aliphatic rings. The molecule has 28 heavy (non-hydrogen) atoms. The third-order valence-electron chi connectivity index (χ3n) is 5.23. The number of carbonyl (C=O) groups is 1. The number of carbonyl (C=O) groups excluding carboxylic acids is 1. The number of nitrogens with zero attached hydrogens (tertiary/aromatic N) is 1. The lowest BCUT2D eigenvalue weighted by molar-refractivity contribution is -0.117. The molecule has 0 spiro atoms. The monoisotopic (exact) mass is 391 g/mol. The van der Waals surface area contributed by atoms with Gasteiger partial charge in [-0.2, -0.15) is 0 Å². The fourth-order valence-electron chi connectivity index (χ4n) is 3.57. The maximum Gasteiger partial charge on any atom is 0.224 e. The van der Waals surface area contributed by atoms with E-state index in [9.17, 15) is 13.6 Å². The molecule has 0 bridgehead atoms. The van der Waals surface area contributed by atoms with Crippen LogP contribution in [0.4, 0.5) is 14.5 Å². The Bertz CT molecular complexity index is 773. The van der Waals surface area contributed by atoms with Gasteiger partial charge in [-0.15, -0.1) is 0 Å². The SMILES string of the molecule is CC(=O)N1c2ccc(/C(C=N)=C/NC3CC3)c(OC(CF)CF)c2CC[C@@H]1C. The number of fused-ring (bicyclic) bond motifs is 1. The second-order valence-corrected chi connectivity index (χ2v) is 7.45. The van der Waals surface area contributed by atoms with Crippen LogP contribution in [-0.4, -0.2) is 43.7 Å². The van der Waals surface area contributed by atoms with Crippen LogP contribution in [0.15, 0.2) is 18.3 Å². The number of benzene rings is 1. The molecule has 5 nitrogen and oxygen atoms in total. The van der Waals surface area contributed by atoms with Crippen molar-refractivity contribution in [2.24, 2.45) is 0 Å². The Balaban J connectivity index is 2.09. The molecule has 1 aromatic rings. The lowest BCUT2D eigenvalue weighted by atomic mass is 9.91. The maximum absolute atomic E-state index is 13.2. The number of ether oxygens (including phenoxy) is 1. The minimum absolute atomic E-state index is 0.0381. The van der Waals surface area contributed by atoms with Crippen LogP contribution in [0.1, 0.15) is 44.2 Å². The zero-order valence-corrected chi connectivity index (χ0v) is 16.3. The van der Waals surface area contributed by atoms with Gasteiger partial charge in [0, 0.05) is 48.1 Å². The lowest BCUT2D eigenvalue weighted by Gasteiger charge is -2.36. The van der Waals surface area contributed by atoms with Gasteiger partial charge in [-0.25, -0.2) is 8.78 Å². The van der Waals surface area contributed by atoms with E-state index < -0.39 is 19.5 Å². The summed E-state index contributed by atoms with van der Waals surface area (Å²) in [5, 5.41) is 11.1. The van der Waals surface area contributed by atoms with Crippen molar-refractivity contribution < 1.29 is 18.3 Å². The molecule has 0 radical (unpaired) electrons. The van der Waals surface area contributed by atoms with E-state index in [1.54, 1.807) is 17.2 Å². The van der Waals surface area contributed by atoms with E-state index in [1.807, 2.05) is 13.0 Å². The summed E-state index contributed by atoms with van der Waals surface area (Å²) in [6.07, 6.45) is 5.30. The minimum atomic E-state index is -1.21. The zero-order valence-electron chi connectivity index (χ0n) is 16.3. The maximum atomic E-state index is 13.2. The predicted octanol–water partition coefficient (Wildman–Crippen LogP) is 3.80. The normalized spacial score (nSPS) is 19.4. The summed E-state index contributed by atoms with van der Waals surface area (Å²) in [6.45, 7) is 1.59. The molecular formula is C21H27F2N3O2. The van der Waals surface area contributed by atoms with Crippen LogP contribution >= 0.6 is 0 Å². The van der Waals surface area contributed by atoms with E-state index in [2.05, 4.69) is 5.32 Å².